The molecule has 2 fully saturated rings. The maximum atomic E-state index is 13.2. The van der Waals surface area contributed by atoms with E-state index in [-0.39, 0.29) is 0 Å². The number of amides is 4. The van der Waals surface area contributed by atoms with E-state index < -0.39 is 35.7 Å². The molecule has 2 aromatic rings. The number of nitrogens with zero attached hydrogens (tertiary/aromatic N) is 2. The monoisotopic (exact) mass is 424 g/mol. The number of anilines is 2. The van der Waals surface area contributed by atoms with Crippen LogP contribution in [0.5, 0.6) is 0 Å². The number of nitrogens with one attached hydrogen (secondary N) is 2. The van der Waals surface area contributed by atoms with Gasteiger partial charge in [-0.3, -0.25) is 14.5 Å². The molecular weight excluding hydrogens is 399 g/mol. The van der Waals surface area contributed by atoms with Crippen molar-refractivity contribution in [3.05, 3.63) is 59.9 Å². The van der Waals surface area contributed by atoms with Crippen LogP contribution in [-0.4, -0.2) is 42.4 Å². The number of piperidine rings is 1. The average Bonchev–Trinajstić information content (AvgIpc) is 2.99. The molecule has 8 heteroatoms. The van der Waals surface area contributed by atoms with Crippen LogP contribution in [0, 0.1) is 5.82 Å². The number of hydrogen-bond acceptors (Lipinski definition) is 4. The summed E-state index contributed by atoms with van der Waals surface area (Å²) in [4.78, 5) is 41.0. The van der Waals surface area contributed by atoms with Crippen molar-refractivity contribution in [2.45, 2.75) is 31.7 Å². The molecule has 0 saturated carbocycles. The first kappa shape index (κ1) is 20.8. The number of carbonyl (C=O) groups is 3. The summed E-state index contributed by atoms with van der Waals surface area (Å²) in [6.07, 6.45) is 3.62. The second kappa shape index (κ2) is 8.37. The van der Waals surface area contributed by atoms with Gasteiger partial charge in [0.05, 0.1) is 0 Å². The molecule has 4 amide bonds. The fraction of sp³-hybridized carbons (Fsp3) is 0.348. The fourth-order valence-electron chi connectivity index (χ4n) is 4.07. The second-order valence-electron chi connectivity index (χ2n) is 8.10. The molecule has 2 aliphatic heterocycles. The lowest BCUT2D eigenvalue weighted by atomic mass is 9.92. The zero-order valence-corrected chi connectivity index (χ0v) is 17.4. The highest BCUT2D eigenvalue weighted by Crippen LogP contribution is 2.29. The minimum Gasteiger partial charge on any atom is -0.372 e. The molecule has 0 radical (unpaired) electrons. The van der Waals surface area contributed by atoms with Crippen molar-refractivity contribution in [3.63, 3.8) is 0 Å². The van der Waals surface area contributed by atoms with Gasteiger partial charge < -0.3 is 15.5 Å². The van der Waals surface area contributed by atoms with E-state index in [1.54, 1.807) is 0 Å². The zero-order valence-electron chi connectivity index (χ0n) is 17.4. The Morgan fingerprint density at radius 1 is 1.03 bits per heavy atom. The molecule has 2 saturated heterocycles. The van der Waals surface area contributed by atoms with Crippen LogP contribution >= 0.6 is 0 Å². The summed E-state index contributed by atoms with van der Waals surface area (Å²) in [6.45, 7) is 3.20. The lowest BCUT2D eigenvalue weighted by molar-refractivity contribution is -0.133. The van der Waals surface area contributed by atoms with Crippen LogP contribution in [0.25, 0.3) is 0 Å². The summed E-state index contributed by atoms with van der Waals surface area (Å²) in [6, 6.07) is 12.2. The summed E-state index contributed by atoms with van der Waals surface area (Å²) in [5.41, 5.74) is 0.811. The summed E-state index contributed by atoms with van der Waals surface area (Å²) in [5.74, 6) is -1.47. The van der Waals surface area contributed by atoms with E-state index in [1.165, 1.54) is 50.5 Å². The third-order valence-corrected chi connectivity index (χ3v) is 5.87. The van der Waals surface area contributed by atoms with Gasteiger partial charge in [-0.1, -0.05) is 12.1 Å². The number of rotatable bonds is 5. The Morgan fingerprint density at radius 3 is 2.32 bits per heavy atom. The number of imide groups is 1. The highest BCUT2D eigenvalue weighted by atomic mass is 19.1. The predicted molar refractivity (Wildman–Crippen MR) is 115 cm³/mol. The van der Waals surface area contributed by atoms with Gasteiger partial charge in [-0.25, -0.2) is 9.18 Å². The summed E-state index contributed by atoms with van der Waals surface area (Å²) in [5, 5.41) is 5.34. The third-order valence-electron chi connectivity index (χ3n) is 5.87. The van der Waals surface area contributed by atoms with Crippen LogP contribution in [0.1, 0.15) is 31.7 Å². The largest absolute Gasteiger partial charge is 0.372 e. The van der Waals surface area contributed by atoms with Gasteiger partial charge in [-0.2, -0.15) is 0 Å². The molecule has 0 aliphatic carbocycles. The van der Waals surface area contributed by atoms with Gasteiger partial charge in [0.15, 0.2) is 0 Å². The van der Waals surface area contributed by atoms with Gasteiger partial charge >= 0.3 is 6.03 Å². The smallest absolute Gasteiger partial charge is 0.325 e. The number of carbonyl (C=O) groups excluding carboxylic acids is 3. The lowest BCUT2D eigenvalue weighted by Crippen LogP contribution is -2.42. The van der Waals surface area contributed by atoms with Crippen molar-refractivity contribution in [1.82, 2.24) is 10.2 Å². The van der Waals surface area contributed by atoms with Crippen molar-refractivity contribution in [2.75, 3.05) is 29.9 Å². The van der Waals surface area contributed by atoms with Gasteiger partial charge in [0, 0.05) is 24.5 Å². The van der Waals surface area contributed by atoms with Gasteiger partial charge in [-0.05, 0) is 68.1 Å². The fourth-order valence-corrected chi connectivity index (χ4v) is 4.07. The van der Waals surface area contributed by atoms with E-state index in [2.05, 4.69) is 15.5 Å². The number of urea groups is 1. The minimum atomic E-state index is -1.35. The quantitative estimate of drug-likeness (QED) is 0.722. The van der Waals surface area contributed by atoms with E-state index in [9.17, 15) is 18.8 Å². The van der Waals surface area contributed by atoms with Gasteiger partial charge in [-0.15, -0.1) is 0 Å². The van der Waals surface area contributed by atoms with E-state index in [4.69, 9.17) is 0 Å². The number of benzene rings is 2. The number of halogens is 1. The summed E-state index contributed by atoms with van der Waals surface area (Å²) < 4.78 is 13.2. The molecule has 0 bridgehead atoms. The molecule has 2 N–H and O–H groups in total. The van der Waals surface area contributed by atoms with Crippen molar-refractivity contribution < 1.29 is 18.8 Å². The molecule has 31 heavy (non-hydrogen) atoms. The van der Waals surface area contributed by atoms with E-state index in [1.807, 2.05) is 24.3 Å². The summed E-state index contributed by atoms with van der Waals surface area (Å²) >= 11 is 0. The van der Waals surface area contributed by atoms with Crippen LogP contribution in [-0.2, 0) is 15.1 Å². The van der Waals surface area contributed by atoms with E-state index in [0.717, 1.165) is 23.7 Å². The molecule has 0 spiro atoms. The highest BCUT2D eigenvalue weighted by molar-refractivity contribution is 6.10. The summed E-state index contributed by atoms with van der Waals surface area (Å²) in [7, 11) is 0. The normalized spacial score (nSPS) is 21.2. The van der Waals surface area contributed by atoms with Gasteiger partial charge in [0.1, 0.15) is 17.9 Å². The first-order valence-electron chi connectivity index (χ1n) is 10.4. The molecule has 7 nitrogen and oxygen atoms in total. The van der Waals surface area contributed by atoms with Crippen molar-refractivity contribution in [3.8, 4) is 0 Å². The lowest BCUT2D eigenvalue weighted by Gasteiger charge is -2.28. The Labute approximate surface area is 180 Å². The van der Waals surface area contributed by atoms with Crippen LogP contribution in [0.2, 0.25) is 0 Å². The van der Waals surface area contributed by atoms with Crippen molar-refractivity contribution in [2.24, 2.45) is 0 Å². The Bertz CT molecular complexity index is 987. The van der Waals surface area contributed by atoms with Crippen LogP contribution in [0.4, 0.5) is 20.6 Å². The van der Waals surface area contributed by atoms with Crippen molar-refractivity contribution in [1.29, 1.82) is 0 Å². The Hall–Kier alpha value is -3.42. The molecule has 0 unspecified atom stereocenters. The second-order valence-corrected chi connectivity index (χ2v) is 8.10. The number of hydrogen-bond donors (Lipinski definition) is 2. The van der Waals surface area contributed by atoms with Crippen LogP contribution < -0.4 is 15.5 Å². The van der Waals surface area contributed by atoms with Crippen LogP contribution in [0.15, 0.2) is 48.5 Å². The molecule has 2 aliphatic rings. The van der Waals surface area contributed by atoms with Gasteiger partial charge in [0.25, 0.3) is 5.91 Å². The third kappa shape index (κ3) is 4.23. The highest BCUT2D eigenvalue weighted by Gasteiger charge is 2.49. The average molecular weight is 424 g/mol. The molecule has 162 valence electrons. The SMILES string of the molecule is C[C@@]1(c2ccc(F)cc2)NC(=O)N(CC(=O)Nc2ccc(N3CCCCC3)cc2)C1=O. The molecule has 1 atom stereocenters. The van der Waals surface area contributed by atoms with E-state index >= 15 is 0 Å². The van der Waals surface area contributed by atoms with E-state index in [0.29, 0.717) is 11.3 Å². The van der Waals surface area contributed by atoms with Crippen molar-refractivity contribution >= 4 is 29.2 Å². The Kier molecular flexibility index (Phi) is 5.63. The maximum Gasteiger partial charge on any atom is 0.325 e. The molecule has 4 rings (SSSR count). The topological polar surface area (TPSA) is 81.8 Å². The molecular formula is C23H25FN4O3. The molecule has 0 aromatic heterocycles. The Morgan fingerprint density at radius 2 is 1.68 bits per heavy atom. The minimum absolute atomic E-state index is 0.407. The molecule has 2 heterocycles. The standard InChI is InChI=1S/C23H25FN4O3/c1-23(16-5-7-17(24)8-6-16)21(30)28(22(31)26-23)15-20(29)25-18-9-11-19(12-10-18)27-13-3-2-4-14-27/h5-12H,2-4,13-15H2,1H3,(H,25,29)(H,26,31)/t23-/m0/s1. The predicted octanol–water partition coefficient (Wildman–Crippen LogP) is 3.22. The van der Waals surface area contributed by atoms with Crippen LogP contribution in [0.3, 0.4) is 0 Å². The first-order chi connectivity index (χ1) is 14.9. The maximum absolute atomic E-state index is 13.2. The zero-order chi connectivity index (χ0) is 22.0. The Balaban J connectivity index is 1.39. The van der Waals surface area contributed by atoms with Gasteiger partial charge in [0.2, 0.25) is 5.91 Å². The molecule has 2 aromatic carbocycles. The first-order valence-corrected chi connectivity index (χ1v) is 10.4.